The fourth-order valence-electron chi connectivity index (χ4n) is 6.95. The van der Waals surface area contributed by atoms with E-state index < -0.39 is 0 Å². The van der Waals surface area contributed by atoms with Crippen LogP contribution in [0, 0.1) is 0 Å². The molecule has 0 amide bonds. The lowest BCUT2D eigenvalue weighted by Gasteiger charge is -2.10. The smallest absolute Gasteiger partial charge is 0.0972 e. The Kier molecular flexibility index (Phi) is 7.07. The number of benzene rings is 5. The molecule has 242 valence electrons. The third-order valence-electron chi connectivity index (χ3n) is 9.69. The summed E-state index contributed by atoms with van der Waals surface area (Å²) in [5, 5.41) is 4.31. The third-order valence-corrected chi connectivity index (χ3v) is 9.69. The van der Waals surface area contributed by atoms with Crippen molar-refractivity contribution in [3.05, 3.63) is 176 Å². The Hall–Kier alpha value is -7.11. The molecule has 10 rings (SSSR count). The zero-order valence-corrected chi connectivity index (χ0v) is 28.0. The van der Waals surface area contributed by atoms with E-state index in [-0.39, 0.29) is 0 Å². The molecule has 5 heterocycles. The summed E-state index contributed by atoms with van der Waals surface area (Å²) in [6.45, 7) is 0. The maximum absolute atomic E-state index is 5.19. The van der Waals surface area contributed by atoms with E-state index in [4.69, 9.17) is 19.9 Å². The Morgan fingerprint density at radius 3 is 1.37 bits per heavy atom. The van der Waals surface area contributed by atoms with Crippen LogP contribution in [0.1, 0.15) is 0 Å². The van der Waals surface area contributed by atoms with Gasteiger partial charge in [-0.3, -0.25) is 4.98 Å². The van der Waals surface area contributed by atoms with Gasteiger partial charge in [-0.2, -0.15) is 0 Å². The van der Waals surface area contributed by atoms with Gasteiger partial charge in [0.1, 0.15) is 0 Å². The molecule has 0 bridgehead atoms. The van der Waals surface area contributed by atoms with Crippen LogP contribution >= 0.6 is 0 Å². The van der Waals surface area contributed by atoms with Gasteiger partial charge < -0.3 is 0 Å². The molecule has 0 N–H and O–H groups in total. The van der Waals surface area contributed by atoms with E-state index in [9.17, 15) is 0 Å². The van der Waals surface area contributed by atoms with Crippen molar-refractivity contribution in [2.24, 2.45) is 0 Å². The number of aromatic nitrogens is 5. The second-order valence-corrected chi connectivity index (χ2v) is 13.0. The van der Waals surface area contributed by atoms with Crippen molar-refractivity contribution in [1.82, 2.24) is 24.9 Å². The highest BCUT2D eigenvalue weighted by atomic mass is 14.8. The molecule has 0 aliphatic rings. The quantitative estimate of drug-likeness (QED) is 0.171. The molecule has 0 atom stereocenters. The third kappa shape index (κ3) is 5.42. The Morgan fingerprint density at radius 1 is 0.269 bits per heavy atom. The molecule has 0 saturated heterocycles. The van der Waals surface area contributed by atoms with E-state index in [1.807, 2.05) is 42.5 Å². The highest BCUT2D eigenvalue weighted by Crippen LogP contribution is 2.32. The average Bonchev–Trinajstić information content (AvgIpc) is 3.23. The second kappa shape index (κ2) is 12.3. The molecule has 5 aromatic heterocycles. The van der Waals surface area contributed by atoms with E-state index in [0.717, 1.165) is 99.9 Å². The molecule has 10 aromatic rings. The molecule has 5 aromatic carbocycles. The first-order valence-electron chi connectivity index (χ1n) is 17.3. The predicted molar refractivity (Wildman–Crippen MR) is 213 cm³/mol. The van der Waals surface area contributed by atoms with E-state index in [2.05, 4.69) is 132 Å². The summed E-state index contributed by atoms with van der Waals surface area (Å²) in [5.41, 5.74) is 13.5. The van der Waals surface area contributed by atoms with Crippen molar-refractivity contribution in [3.63, 3.8) is 0 Å². The molecule has 0 spiro atoms. The van der Waals surface area contributed by atoms with Crippen LogP contribution in [0.3, 0.4) is 0 Å². The van der Waals surface area contributed by atoms with Gasteiger partial charge in [0.05, 0.1) is 50.5 Å². The Bertz CT molecular complexity index is 2960. The highest BCUT2D eigenvalue weighted by molar-refractivity contribution is 6.04. The number of hydrogen-bond donors (Lipinski definition) is 0. The summed E-state index contributed by atoms with van der Waals surface area (Å²) in [6, 6.07) is 58.6. The lowest BCUT2D eigenvalue weighted by molar-refractivity contribution is 1.28. The second-order valence-electron chi connectivity index (χ2n) is 13.0. The molecule has 0 saturated carbocycles. The zero-order chi connectivity index (χ0) is 34.4. The van der Waals surface area contributed by atoms with Crippen LogP contribution in [0.4, 0.5) is 0 Å². The van der Waals surface area contributed by atoms with Gasteiger partial charge in [-0.15, -0.1) is 0 Å². The van der Waals surface area contributed by atoms with Crippen LogP contribution in [0.2, 0.25) is 0 Å². The summed E-state index contributed by atoms with van der Waals surface area (Å²) >= 11 is 0. The Labute approximate surface area is 300 Å². The van der Waals surface area contributed by atoms with Gasteiger partial charge in [-0.1, -0.05) is 115 Å². The predicted octanol–water partition coefficient (Wildman–Crippen LogP) is 11.6. The molecule has 0 radical (unpaired) electrons. The van der Waals surface area contributed by atoms with Gasteiger partial charge in [0, 0.05) is 44.4 Å². The molecule has 0 aliphatic heterocycles. The van der Waals surface area contributed by atoms with Gasteiger partial charge in [-0.25, -0.2) is 19.9 Å². The van der Waals surface area contributed by atoms with Crippen LogP contribution in [-0.2, 0) is 0 Å². The molecule has 0 unspecified atom stereocenters. The first-order chi connectivity index (χ1) is 25.7. The van der Waals surface area contributed by atoms with Gasteiger partial charge in [0.2, 0.25) is 0 Å². The summed E-state index contributed by atoms with van der Waals surface area (Å²) < 4.78 is 0. The van der Waals surface area contributed by atoms with Crippen molar-refractivity contribution in [2.75, 3.05) is 0 Å². The van der Waals surface area contributed by atoms with Crippen molar-refractivity contribution < 1.29 is 0 Å². The fourth-order valence-corrected chi connectivity index (χ4v) is 6.95. The fraction of sp³-hybridized carbons (Fsp3) is 0. The average molecular weight is 664 g/mol. The normalized spacial score (nSPS) is 11.5. The van der Waals surface area contributed by atoms with Gasteiger partial charge in [0.25, 0.3) is 0 Å². The molecular formula is C47H29N5. The lowest BCUT2D eigenvalue weighted by Crippen LogP contribution is -1.92. The van der Waals surface area contributed by atoms with E-state index in [0.29, 0.717) is 0 Å². The standard InChI is InChI=1S/C47H29N5/c1-2-7-30(8-3-1)39-23-20-33-14-15-34-21-24-41(52-47(34)46(33)51-39)38-10-6-9-37(27-38)40-22-18-31-12-16-35(28-44(31)49-40)36-17-13-32-19-25-43(50-45(32)29-36)42-11-4-5-26-48-42/h1-29H. The van der Waals surface area contributed by atoms with Crippen molar-refractivity contribution >= 4 is 43.6 Å². The summed E-state index contributed by atoms with van der Waals surface area (Å²) in [4.78, 5) is 24.9. The topological polar surface area (TPSA) is 64.5 Å². The van der Waals surface area contributed by atoms with Crippen LogP contribution < -0.4 is 0 Å². The maximum Gasteiger partial charge on any atom is 0.0972 e. The van der Waals surface area contributed by atoms with E-state index in [1.165, 1.54) is 0 Å². The van der Waals surface area contributed by atoms with Gasteiger partial charge in [-0.05, 0) is 65.7 Å². The number of rotatable bonds is 5. The molecule has 5 heteroatoms. The maximum atomic E-state index is 5.19. The minimum Gasteiger partial charge on any atom is -0.255 e. The number of pyridine rings is 5. The Balaban J connectivity index is 1.00. The van der Waals surface area contributed by atoms with Crippen LogP contribution in [0.5, 0.6) is 0 Å². The number of hydrogen-bond acceptors (Lipinski definition) is 5. The van der Waals surface area contributed by atoms with Crippen LogP contribution in [0.15, 0.2) is 176 Å². The first-order valence-corrected chi connectivity index (χ1v) is 17.3. The number of fused-ring (bicyclic) bond motifs is 5. The van der Waals surface area contributed by atoms with Gasteiger partial charge >= 0.3 is 0 Å². The van der Waals surface area contributed by atoms with E-state index >= 15 is 0 Å². The molecule has 0 aliphatic carbocycles. The largest absolute Gasteiger partial charge is 0.255 e. The zero-order valence-electron chi connectivity index (χ0n) is 28.0. The summed E-state index contributed by atoms with van der Waals surface area (Å²) in [5.74, 6) is 0. The summed E-state index contributed by atoms with van der Waals surface area (Å²) in [6.07, 6.45) is 1.80. The number of nitrogens with zero attached hydrogens (tertiary/aromatic N) is 5. The van der Waals surface area contributed by atoms with Crippen molar-refractivity contribution in [1.29, 1.82) is 0 Å². The SMILES string of the molecule is c1ccc(-c2ccc3ccc4ccc(-c5cccc(-c6ccc7ccc(-c8ccc9ccc(-c%10ccccn%10)nc9c8)cc7n6)c5)nc4c3n2)cc1. The monoisotopic (exact) mass is 663 g/mol. The molecule has 0 fully saturated rings. The molecule has 5 nitrogen and oxygen atoms in total. The van der Waals surface area contributed by atoms with E-state index in [1.54, 1.807) is 6.20 Å². The van der Waals surface area contributed by atoms with Crippen LogP contribution in [0.25, 0.3) is 99.9 Å². The first kappa shape index (κ1) is 29.8. The molecule has 52 heavy (non-hydrogen) atoms. The van der Waals surface area contributed by atoms with Crippen molar-refractivity contribution in [3.8, 4) is 56.3 Å². The minimum atomic E-state index is 0.860. The van der Waals surface area contributed by atoms with Gasteiger partial charge in [0.15, 0.2) is 0 Å². The highest BCUT2D eigenvalue weighted by Gasteiger charge is 2.11. The summed E-state index contributed by atoms with van der Waals surface area (Å²) in [7, 11) is 0. The van der Waals surface area contributed by atoms with Crippen molar-refractivity contribution in [2.45, 2.75) is 0 Å². The minimum absolute atomic E-state index is 0.860. The molecular weight excluding hydrogens is 635 g/mol. The Morgan fingerprint density at radius 2 is 0.750 bits per heavy atom. The van der Waals surface area contributed by atoms with Crippen LogP contribution in [-0.4, -0.2) is 24.9 Å². The lowest BCUT2D eigenvalue weighted by atomic mass is 10.0.